The quantitative estimate of drug-likeness (QED) is 0.892. The first-order valence-electron chi connectivity index (χ1n) is 7.70. The van der Waals surface area contributed by atoms with Crippen molar-refractivity contribution in [1.82, 2.24) is 19.7 Å². The molecule has 3 rings (SSSR count). The number of piperidine rings is 1. The molecule has 1 fully saturated rings. The Morgan fingerprint density at radius 3 is 3.04 bits per heavy atom. The van der Waals surface area contributed by atoms with Gasteiger partial charge in [-0.2, -0.15) is 5.10 Å². The van der Waals surface area contributed by atoms with Crippen LogP contribution in [0.1, 0.15) is 19.8 Å². The predicted molar refractivity (Wildman–Crippen MR) is 85.4 cm³/mol. The molecular formula is C15H20N6O2. The second-order valence-electron chi connectivity index (χ2n) is 5.35. The lowest BCUT2D eigenvalue weighted by atomic mass is 10.0. The summed E-state index contributed by atoms with van der Waals surface area (Å²) in [7, 11) is 1.84. The Morgan fingerprint density at radius 1 is 1.43 bits per heavy atom. The first-order valence-corrected chi connectivity index (χ1v) is 7.70. The standard InChI is InChI=1S/C15H20N6O2/c1-3-23-14-9-12(16-10-17-14)18-11-5-4-7-21(15(11)22)13-6-8-20(2)19-13/h6,8-11H,3-5,7H2,1-2H3,(H,16,17,18)/t11-/m0/s1. The second kappa shape index (κ2) is 6.64. The number of hydrogen-bond acceptors (Lipinski definition) is 6. The van der Waals surface area contributed by atoms with Crippen LogP contribution in [0.4, 0.5) is 11.6 Å². The zero-order valence-electron chi connectivity index (χ0n) is 13.3. The van der Waals surface area contributed by atoms with Gasteiger partial charge in [-0.3, -0.25) is 14.4 Å². The van der Waals surface area contributed by atoms with Gasteiger partial charge in [-0.05, 0) is 19.8 Å². The minimum atomic E-state index is -0.324. The van der Waals surface area contributed by atoms with Gasteiger partial charge < -0.3 is 10.1 Å². The SMILES string of the molecule is CCOc1cc(N[C@H]2CCCN(c3ccn(C)n3)C2=O)ncn1. The van der Waals surface area contributed by atoms with Crippen molar-refractivity contribution in [2.45, 2.75) is 25.8 Å². The van der Waals surface area contributed by atoms with Crippen LogP contribution in [0.15, 0.2) is 24.7 Å². The van der Waals surface area contributed by atoms with Gasteiger partial charge in [-0.25, -0.2) is 9.97 Å². The summed E-state index contributed by atoms with van der Waals surface area (Å²) >= 11 is 0. The highest BCUT2D eigenvalue weighted by molar-refractivity contribution is 5.98. The van der Waals surface area contributed by atoms with Gasteiger partial charge in [0.05, 0.1) is 6.61 Å². The molecule has 0 radical (unpaired) electrons. The van der Waals surface area contributed by atoms with Crippen LogP contribution in [0.3, 0.4) is 0 Å². The van der Waals surface area contributed by atoms with Crippen molar-refractivity contribution in [2.75, 3.05) is 23.4 Å². The van der Waals surface area contributed by atoms with Crippen LogP contribution in [0.5, 0.6) is 5.88 Å². The van der Waals surface area contributed by atoms with E-state index in [0.29, 0.717) is 30.7 Å². The lowest BCUT2D eigenvalue weighted by Gasteiger charge is -2.31. The van der Waals surface area contributed by atoms with Crippen molar-refractivity contribution in [2.24, 2.45) is 7.05 Å². The Kier molecular flexibility index (Phi) is 4.40. The largest absolute Gasteiger partial charge is 0.478 e. The number of ether oxygens (including phenoxy) is 1. The van der Waals surface area contributed by atoms with E-state index in [9.17, 15) is 4.79 Å². The molecule has 0 spiro atoms. The van der Waals surface area contributed by atoms with Crippen molar-refractivity contribution in [3.63, 3.8) is 0 Å². The summed E-state index contributed by atoms with van der Waals surface area (Å²) in [5.41, 5.74) is 0. The lowest BCUT2D eigenvalue weighted by molar-refractivity contribution is -0.120. The van der Waals surface area contributed by atoms with E-state index < -0.39 is 0 Å². The molecule has 122 valence electrons. The number of aromatic nitrogens is 4. The Balaban J connectivity index is 1.72. The number of amides is 1. The molecule has 8 nitrogen and oxygen atoms in total. The predicted octanol–water partition coefficient (Wildman–Crippen LogP) is 1.22. The van der Waals surface area contributed by atoms with E-state index in [1.54, 1.807) is 15.6 Å². The normalized spacial score (nSPS) is 18.1. The number of carbonyl (C=O) groups excluding carboxylic acids is 1. The van der Waals surface area contributed by atoms with Crippen LogP contribution in [-0.4, -0.2) is 44.8 Å². The number of rotatable bonds is 5. The zero-order chi connectivity index (χ0) is 16.2. The fourth-order valence-corrected chi connectivity index (χ4v) is 2.61. The highest BCUT2D eigenvalue weighted by Crippen LogP contribution is 2.22. The average Bonchev–Trinajstić information content (AvgIpc) is 2.96. The van der Waals surface area contributed by atoms with E-state index in [-0.39, 0.29) is 11.9 Å². The van der Waals surface area contributed by atoms with Gasteiger partial charge in [-0.1, -0.05) is 0 Å². The Labute approximate surface area is 134 Å². The number of nitrogens with one attached hydrogen (secondary N) is 1. The highest BCUT2D eigenvalue weighted by atomic mass is 16.5. The van der Waals surface area contributed by atoms with Crippen molar-refractivity contribution in [1.29, 1.82) is 0 Å². The van der Waals surface area contributed by atoms with Gasteiger partial charge in [0.15, 0.2) is 5.82 Å². The molecule has 0 aliphatic carbocycles. The summed E-state index contributed by atoms with van der Waals surface area (Å²) in [4.78, 5) is 22.6. The summed E-state index contributed by atoms with van der Waals surface area (Å²) in [5, 5.41) is 7.49. The van der Waals surface area contributed by atoms with Crippen molar-refractivity contribution in [3.05, 3.63) is 24.7 Å². The highest BCUT2D eigenvalue weighted by Gasteiger charge is 2.31. The molecule has 1 aliphatic rings. The van der Waals surface area contributed by atoms with E-state index >= 15 is 0 Å². The van der Waals surface area contributed by atoms with Gasteiger partial charge in [-0.15, -0.1) is 0 Å². The van der Waals surface area contributed by atoms with E-state index in [1.807, 2.05) is 26.2 Å². The van der Waals surface area contributed by atoms with Crippen LogP contribution >= 0.6 is 0 Å². The third-order valence-electron chi connectivity index (χ3n) is 3.67. The van der Waals surface area contributed by atoms with Crippen LogP contribution in [-0.2, 0) is 11.8 Å². The number of carbonyl (C=O) groups is 1. The smallest absolute Gasteiger partial charge is 0.250 e. The number of nitrogens with zero attached hydrogens (tertiary/aromatic N) is 5. The molecule has 23 heavy (non-hydrogen) atoms. The van der Waals surface area contributed by atoms with Crippen LogP contribution < -0.4 is 15.0 Å². The van der Waals surface area contributed by atoms with Crippen molar-refractivity contribution >= 4 is 17.5 Å². The first-order chi connectivity index (χ1) is 11.2. The van der Waals surface area contributed by atoms with Crippen LogP contribution in [0.2, 0.25) is 0 Å². The fraction of sp³-hybridized carbons (Fsp3) is 0.467. The van der Waals surface area contributed by atoms with Crippen molar-refractivity contribution < 1.29 is 9.53 Å². The molecule has 1 N–H and O–H groups in total. The van der Waals surface area contributed by atoms with Crippen LogP contribution in [0.25, 0.3) is 0 Å². The fourth-order valence-electron chi connectivity index (χ4n) is 2.61. The molecule has 1 aliphatic heterocycles. The molecule has 0 saturated carbocycles. The molecule has 1 saturated heterocycles. The van der Waals surface area contributed by atoms with Gasteiger partial charge in [0.1, 0.15) is 18.2 Å². The maximum atomic E-state index is 12.7. The van der Waals surface area contributed by atoms with E-state index in [1.165, 1.54) is 6.33 Å². The van der Waals surface area contributed by atoms with Gasteiger partial charge in [0, 0.05) is 31.9 Å². The van der Waals surface area contributed by atoms with E-state index in [0.717, 1.165) is 12.8 Å². The number of anilines is 2. The summed E-state index contributed by atoms with van der Waals surface area (Å²) in [6.45, 7) is 3.11. The lowest BCUT2D eigenvalue weighted by Crippen LogP contribution is -2.48. The molecule has 0 unspecified atom stereocenters. The third-order valence-corrected chi connectivity index (χ3v) is 3.67. The van der Waals surface area contributed by atoms with Crippen LogP contribution in [0, 0.1) is 0 Å². The third kappa shape index (κ3) is 3.41. The van der Waals surface area contributed by atoms with Gasteiger partial charge in [0.2, 0.25) is 5.88 Å². The molecule has 2 aromatic heterocycles. The van der Waals surface area contributed by atoms with E-state index in [2.05, 4.69) is 20.4 Å². The second-order valence-corrected chi connectivity index (χ2v) is 5.35. The van der Waals surface area contributed by atoms with Gasteiger partial charge in [0.25, 0.3) is 5.91 Å². The topological polar surface area (TPSA) is 85.2 Å². The summed E-state index contributed by atoms with van der Waals surface area (Å²) in [5.74, 6) is 1.77. The van der Waals surface area contributed by atoms with Gasteiger partial charge >= 0.3 is 0 Å². The number of aryl methyl sites for hydroxylation is 1. The van der Waals surface area contributed by atoms with E-state index in [4.69, 9.17) is 4.74 Å². The Hall–Kier alpha value is -2.64. The maximum absolute atomic E-state index is 12.7. The molecule has 3 heterocycles. The monoisotopic (exact) mass is 316 g/mol. The molecule has 8 heteroatoms. The molecule has 0 bridgehead atoms. The Bertz CT molecular complexity index is 686. The molecule has 0 aromatic carbocycles. The average molecular weight is 316 g/mol. The summed E-state index contributed by atoms with van der Waals surface area (Å²) in [6, 6.07) is 3.23. The zero-order valence-corrected chi connectivity index (χ0v) is 13.3. The Morgan fingerprint density at radius 2 is 2.30 bits per heavy atom. The first kappa shape index (κ1) is 15.3. The molecule has 1 atom stereocenters. The minimum absolute atomic E-state index is 0.00604. The minimum Gasteiger partial charge on any atom is -0.478 e. The van der Waals surface area contributed by atoms with Crippen molar-refractivity contribution in [3.8, 4) is 5.88 Å². The molecular weight excluding hydrogens is 296 g/mol. The maximum Gasteiger partial charge on any atom is 0.250 e. The molecule has 1 amide bonds. The number of hydrogen-bond donors (Lipinski definition) is 1. The molecule has 2 aromatic rings. The summed E-state index contributed by atoms with van der Waals surface area (Å²) < 4.78 is 7.05. The summed E-state index contributed by atoms with van der Waals surface area (Å²) in [6.07, 6.45) is 4.93.